The van der Waals surface area contributed by atoms with Crippen molar-refractivity contribution >= 4 is 9.84 Å². The Bertz CT molecular complexity index is 1660. The molecule has 8 nitrogen and oxygen atoms in total. The van der Waals surface area contributed by atoms with Crippen molar-refractivity contribution in [2.24, 2.45) is 0 Å². The lowest BCUT2D eigenvalue weighted by atomic mass is 10.0. The molecule has 0 unspecified atom stereocenters. The number of sulfone groups is 1. The molecule has 0 saturated carbocycles. The van der Waals surface area contributed by atoms with Crippen LogP contribution in [0.4, 0.5) is 4.39 Å². The van der Waals surface area contributed by atoms with Gasteiger partial charge in [0.05, 0.1) is 19.1 Å². The highest BCUT2D eigenvalue weighted by Crippen LogP contribution is 2.34. The second-order valence-electron chi connectivity index (χ2n) is 8.92. The zero-order valence-electron chi connectivity index (χ0n) is 22.1. The molecule has 1 N–H and O–H groups in total. The Labute approximate surface area is 226 Å². The minimum absolute atomic E-state index is 0.170. The number of para-hydroxylation sites is 1. The molecule has 10 heteroatoms. The smallest absolute Gasteiger partial charge is 0.281 e. The van der Waals surface area contributed by atoms with Gasteiger partial charge in [-0.3, -0.25) is 9.36 Å². The lowest BCUT2D eigenvalue weighted by Gasteiger charge is -2.19. The minimum Gasteiger partial charge on any atom is -0.494 e. The monoisotopic (exact) mass is 552 g/mol. The summed E-state index contributed by atoms with van der Waals surface area (Å²) in [5.41, 5.74) is 1.29. The van der Waals surface area contributed by atoms with E-state index in [-0.39, 0.29) is 33.7 Å². The van der Waals surface area contributed by atoms with Gasteiger partial charge < -0.3 is 14.6 Å². The fourth-order valence-corrected chi connectivity index (χ4v) is 5.78. The number of methoxy groups -OCH3 is 2. The molecule has 39 heavy (non-hydrogen) atoms. The van der Waals surface area contributed by atoms with E-state index in [0.29, 0.717) is 24.0 Å². The highest BCUT2D eigenvalue weighted by atomic mass is 32.2. The van der Waals surface area contributed by atoms with E-state index < -0.39 is 26.2 Å². The summed E-state index contributed by atoms with van der Waals surface area (Å²) in [6.45, 7) is 3.71. The fraction of sp³-hybridized carbons (Fsp3) is 0.241. The number of rotatable bonds is 9. The second-order valence-corrected chi connectivity index (χ2v) is 10.8. The van der Waals surface area contributed by atoms with Crippen molar-refractivity contribution in [3.63, 3.8) is 0 Å². The number of benzene rings is 3. The summed E-state index contributed by atoms with van der Waals surface area (Å²) < 4.78 is 53.1. The molecular weight excluding hydrogens is 523 g/mol. The van der Waals surface area contributed by atoms with Crippen LogP contribution in [0.5, 0.6) is 17.4 Å². The molecule has 4 rings (SSSR count). The molecule has 0 aliphatic rings. The van der Waals surface area contributed by atoms with Crippen molar-refractivity contribution < 1.29 is 27.4 Å². The molecule has 204 valence electrons. The predicted octanol–water partition coefficient (Wildman–Crippen LogP) is 5.25. The van der Waals surface area contributed by atoms with Crippen LogP contribution >= 0.6 is 0 Å². The normalized spacial score (nSPS) is 11.4. The standard InChI is InChI=1S/C29H29FN2O6S/c1-5-6-10-25-31-28(33)27(29(34)32(25)26-23(37-3)8-7-9-24(26)38-4)39(35,36)21-14-11-19(12-15-21)22-16-13-20(30)17-18(22)2/h7-9,11-17,33H,5-6,10H2,1-4H3. The van der Waals surface area contributed by atoms with E-state index in [0.717, 1.165) is 16.6 Å². The Morgan fingerprint density at radius 1 is 1.00 bits per heavy atom. The number of aryl methyl sites for hydroxylation is 2. The summed E-state index contributed by atoms with van der Waals surface area (Å²) in [4.78, 5) is 17.0. The molecule has 3 aromatic carbocycles. The number of ether oxygens (including phenoxy) is 2. The van der Waals surface area contributed by atoms with Crippen LogP contribution in [0.3, 0.4) is 0 Å². The summed E-state index contributed by atoms with van der Waals surface area (Å²) in [7, 11) is -1.67. The van der Waals surface area contributed by atoms with Crippen LogP contribution in [0.15, 0.2) is 75.2 Å². The first-order valence-electron chi connectivity index (χ1n) is 12.3. The minimum atomic E-state index is -4.51. The Morgan fingerprint density at radius 2 is 1.64 bits per heavy atom. The van der Waals surface area contributed by atoms with Gasteiger partial charge in [0.25, 0.3) is 5.56 Å². The van der Waals surface area contributed by atoms with Crippen LogP contribution < -0.4 is 15.0 Å². The van der Waals surface area contributed by atoms with Crippen molar-refractivity contribution in [3.05, 3.63) is 88.2 Å². The van der Waals surface area contributed by atoms with Crippen LogP contribution in [0.25, 0.3) is 16.8 Å². The molecule has 0 spiro atoms. The average molecular weight is 553 g/mol. The Balaban J connectivity index is 1.92. The molecule has 4 aromatic rings. The highest BCUT2D eigenvalue weighted by molar-refractivity contribution is 7.91. The van der Waals surface area contributed by atoms with Gasteiger partial charge in [0.15, 0.2) is 4.90 Å². The number of hydrogen-bond donors (Lipinski definition) is 1. The molecule has 0 saturated heterocycles. The number of hydrogen-bond acceptors (Lipinski definition) is 7. The van der Waals surface area contributed by atoms with Gasteiger partial charge in [0.2, 0.25) is 15.7 Å². The summed E-state index contributed by atoms with van der Waals surface area (Å²) in [6.07, 6.45) is 1.71. The van der Waals surface area contributed by atoms with Crippen LogP contribution in [-0.4, -0.2) is 37.3 Å². The molecule has 0 aliphatic heterocycles. The third-order valence-electron chi connectivity index (χ3n) is 6.41. The van der Waals surface area contributed by atoms with E-state index in [1.807, 2.05) is 6.92 Å². The van der Waals surface area contributed by atoms with Gasteiger partial charge in [-0.1, -0.05) is 37.6 Å². The van der Waals surface area contributed by atoms with E-state index in [2.05, 4.69) is 4.98 Å². The number of aromatic nitrogens is 2. The van der Waals surface area contributed by atoms with Crippen molar-refractivity contribution in [3.8, 4) is 34.2 Å². The summed E-state index contributed by atoms with van der Waals surface area (Å²) in [5, 5.41) is 10.8. The third kappa shape index (κ3) is 5.24. The van der Waals surface area contributed by atoms with Gasteiger partial charge >= 0.3 is 0 Å². The molecule has 1 heterocycles. The SMILES string of the molecule is CCCCc1nc(O)c(S(=O)(=O)c2ccc(-c3ccc(F)cc3C)cc2)c(=O)n1-c1c(OC)cccc1OC. The van der Waals surface area contributed by atoms with Crippen molar-refractivity contribution in [1.29, 1.82) is 0 Å². The van der Waals surface area contributed by atoms with Gasteiger partial charge in [-0.2, -0.15) is 4.98 Å². The van der Waals surface area contributed by atoms with Gasteiger partial charge in [0.1, 0.15) is 28.8 Å². The van der Waals surface area contributed by atoms with Gasteiger partial charge in [0, 0.05) is 6.42 Å². The van der Waals surface area contributed by atoms with E-state index in [9.17, 15) is 22.7 Å². The van der Waals surface area contributed by atoms with Crippen molar-refractivity contribution in [2.45, 2.75) is 42.9 Å². The number of nitrogens with zero attached hydrogens (tertiary/aromatic N) is 2. The molecule has 0 amide bonds. The fourth-order valence-electron chi connectivity index (χ4n) is 4.44. The zero-order valence-corrected chi connectivity index (χ0v) is 22.9. The molecule has 0 fully saturated rings. The van der Waals surface area contributed by atoms with Crippen molar-refractivity contribution in [1.82, 2.24) is 9.55 Å². The maximum Gasteiger partial charge on any atom is 0.281 e. The van der Waals surface area contributed by atoms with E-state index in [1.54, 1.807) is 43.3 Å². The number of aromatic hydroxyl groups is 1. The second kappa shape index (κ2) is 11.3. The van der Waals surface area contributed by atoms with E-state index in [1.165, 1.54) is 38.5 Å². The maximum atomic E-state index is 13.9. The van der Waals surface area contributed by atoms with Crippen LogP contribution in [0.2, 0.25) is 0 Å². The first-order chi connectivity index (χ1) is 18.6. The molecule has 0 bridgehead atoms. The lowest BCUT2D eigenvalue weighted by Crippen LogP contribution is -2.29. The highest BCUT2D eigenvalue weighted by Gasteiger charge is 2.31. The first-order valence-corrected chi connectivity index (χ1v) is 13.8. The Kier molecular flexibility index (Phi) is 8.06. The molecule has 0 atom stereocenters. The zero-order chi connectivity index (χ0) is 28.3. The van der Waals surface area contributed by atoms with E-state index >= 15 is 0 Å². The van der Waals surface area contributed by atoms with Crippen LogP contribution in [-0.2, 0) is 16.3 Å². The van der Waals surface area contributed by atoms with Gasteiger partial charge in [-0.25, -0.2) is 12.8 Å². The average Bonchev–Trinajstić information content (AvgIpc) is 2.91. The Hall–Kier alpha value is -4.18. The molecule has 1 aromatic heterocycles. The number of unbranched alkanes of at least 4 members (excludes halogenated alkanes) is 1. The topological polar surface area (TPSA) is 108 Å². The lowest BCUT2D eigenvalue weighted by molar-refractivity contribution is 0.386. The van der Waals surface area contributed by atoms with Gasteiger partial charge in [-0.15, -0.1) is 0 Å². The number of halogens is 1. The molecular formula is C29H29FN2O6S. The van der Waals surface area contributed by atoms with Crippen LogP contribution in [0, 0.1) is 12.7 Å². The van der Waals surface area contributed by atoms with E-state index in [4.69, 9.17) is 9.47 Å². The summed E-state index contributed by atoms with van der Waals surface area (Å²) in [6, 6.07) is 15.0. The first kappa shape index (κ1) is 27.8. The third-order valence-corrected chi connectivity index (χ3v) is 8.19. The quantitative estimate of drug-likeness (QED) is 0.302. The van der Waals surface area contributed by atoms with Crippen LogP contribution in [0.1, 0.15) is 31.2 Å². The van der Waals surface area contributed by atoms with Crippen molar-refractivity contribution in [2.75, 3.05) is 14.2 Å². The molecule has 0 aliphatic carbocycles. The predicted molar refractivity (Wildman–Crippen MR) is 145 cm³/mol. The Morgan fingerprint density at radius 3 is 2.21 bits per heavy atom. The summed E-state index contributed by atoms with van der Waals surface area (Å²) >= 11 is 0. The largest absolute Gasteiger partial charge is 0.494 e. The summed E-state index contributed by atoms with van der Waals surface area (Å²) in [5.74, 6) is -0.546. The maximum absolute atomic E-state index is 13.9. The van der Waals surface area contributed by atoms with Gasteiger partial charge in [-0.05, 0) is 66.4 Å². The molecule has 0 radical (unpaired) electrons.